The molecule has 3 aromatic rings. The van der Waals surface area contributed by atoms with Gasteiger partial charge in [-0.25, -0.2) is 0 Å². The van der Waals surface area contributed by atoms with E-state index in [0.29, 0.717) is 16.9 Å². The Morgan fingerprint density at radius 1 is 1.29 bits per heavy atom. The molecular formula is C20H20F3N3OS. The lowest BCUT2D eigenvalue weighted by Crippen LogP contribution is -2.24. The van der Waals surface area contributed by atoms with Crippen molar-refractivity contribution in [2.24, 2.45) is 0 Å². The van der Waals surface area contributed by atoms with Gasteiger partial charge in [0.15, 0.2) is 0 Å². The maximum absolute atomic E-state index is 12.8. The Morgan fingerprint density at radius 3 is 2.79 bits per heavy atom. The molecular weight excluding hydrogens is 387 g/mol. The summed E-state index contributed by atoms with van der Waals surface area (Å²) in [4.78, 5) is 12.9. The first-order valence-corrected chi connectivity index (χ1v) is 9.73. The molecule has 0 unspecified atom stereocenters. The zero-order valence-corrected chi connectivity index (χ0v) is 16.3. The van der Waals surface area contributed by atoms with E-state index in [-0.39, 0.29) is 12.5 Å². The van der Waals surface area contributed by atoms with Crippen molar-refractivity contribution in [3.05, 3.63) is 63.5 Å². The van der Waals surface area contributed by atoms with Gasteiger partial charge in [0.2, 0.25) is 0 Å². The fourth-order valence-electron chi connectivity index (χ4n) is 2.99. The molecule has 0 fully saturated rings. The number of nitrogens with zero attached hydrogens (tertiary/aromatic N) is 2. The number of halogens is 3. The van der Waals surface area contributed by atoms with Gasteiger partial charge >= 0.3 is 6.18 Å². The van der Waals surface area contributed by atoms with Crippen molar-refractivity contribution in [2.75, 3.05) is 6.54 Å². The summed E-state index contributed by atoms with van der Waals surface area (Å²) in [5.41, 5.74) is 2.81. The summed E-state index contributed by atoms with van der Waals surface area (Å²) in [6.07, 6.45) is -2.24. The number of carbonyl (C=O) groups is 1. The van der Waals surface area contributed by atoms with Crippen molar-refractivity contribution >= 4 is 17.2 Å². The van der Waals surface area contributed by atoms with Gasteiger partial charge in [0.05, 0.1) is 22.3 Å². The van der Waals surface area contributed by atoms with Gasteiger partial charge in [0, 0.05) is 24.0 Å². The first-order valence-electron chi connectivity index (χ1n) is 8.85. The summed E-state index contributed by atoms with van der Waals surface area (Å²) < 4.78 is 40.2. The summed E-state index contributed by atoms with van der Waals surface area (Å²) in [5.74, 6) is -0.233. The van der Waals surface area contributed by atoms with Crippen molar-refractivity contribution in [3.8, 4) is 11.3 Å². The molecule has 1 aromatic carbocycles. The minimum Gasteiger partial charge on any atom is -0.351 e. The minimum absolute atomic E-state index is 0.233. The van der Waals surface area contributed by atoms with Crippen molar-refractivity contribution in [3.63, 3.8) is 0 Å². The van der Waals surface area contributed by atoms with Crippen LogP contribution in [-0.2, 0) is 19.1 Å². The molecule has 2 heterocycles. The SMILES string of the molecule is CCn1ncc(C)c1-c1csc(C(=O)NCCc2cccc(C(F)(F)F)c2)c1. The zero-order chi connectivity index (χ0) is 20.3. The molecule has 1 amide bonds. The standard InChI is InChI=1S/C20H20F3N3OS/c1-3-26-18(13(2)11-25-26)15-10-17(28-12-15)19(27)24-8-7-14-5-4-6-16(9-14)20(21,22)23/h4-6,9-12H,3,7-8H2,1-2H3,(H,24,27). The number of rotatable bonds is 6. The minimum atomic E-state index is -4.37. The zero-order valence-electron chi connectivity index (χ0n) is 15.5. The first kappa shape index (κ1) is 20.1. The third-order valence-electron chi connectivity index (χ3n) is 4.37. The Hall–Kier alpha value is -2.61. The first-order chi connectivity index (χ1) is 13.3. The molecule has 3 rings (SSSR count). The molecule has 0 saturated carbocycles. The van der Waals surface area contributed by atoms with Crippen LogP contribution in [-0.4, -0.2) is 22.2 Å². The average molecular weight is 407 g/mol. The van der Waals surface area contributed by atoms with E-state index in [1.807, 2.05) is 30.0 Å². The van der Waals surface area contributed by atoms with Gasteiger partial charge in [0.1, 0.15) is 0 Å². The summed E-state index contributed by atoms with van der Waals surface area (Å²) in [6, 6.07) is 6.98. The largest absolute Gasteiger partial charge is 0.416 e. The van der Waals surface area contributed by atoms with Crippen LogP contribution in [0.15, 0.2) is 41.9 Å². The Morgan fingerprint density at radius 2 is 2.07 bits per heavy atom. The number of amides is 1. The smallest absolute Gasteiger partial charge is 0.351 e. The molecule has 1 N–H and O–H groups in total. The van der Waals surface area contributed by atoms with Crippen molar-refractivity contribution in [2.45, 2.75) is 33.0 Å². The van der Waals surface area contributed by atoms with Gasteiger partial charge in [-0.05, 0) is 43.5 Å². The molecule has 0 aliphatic carbocycles. The molecule has 148 valence electrons. The molecule has 0 aliphatic rings. The van der Waals surface area contributed by atoms with Gasteiger partial charge in [-0.2, -0.15) is 18.3 Å². The molecule has 2 aromatic heterocycles. The third kappa shape index (κ3) is 4.44. The number of thiophene rings is 1. The monoisotopic (exact) mass is 407 g/mol. The maximum atomic E-state index is 12.8. The Kier molecular flexibility index (Phi) is 5.88. The van der Waals surface area contributed by atoms with Crippen LogP contribution in [0.4, 0.5) is 13.2 Å². The normalized spacial score (nSPS) is 11.6. The number of aromatic nitrogens is 2. The van der Waals surface area contributed by atoms with Crippen LogP contribution in [0.3, 0.4) is 0 Å². The predicted octanol–water partition coefficient (Wildman–Crippen LogP) is 4.93. The second kappa shape index (κ2) is 8.18. The quantitative estimate of drug-likeness (QED) is 0.630. The van der Waals surface area contributed by atoms with Crippen LogP contribution < -0.4 is 5.32 Å². The Balaban J connectivity index is 1.62. The number of benzene rings is 1. The van der Waals surface area contributed by atoms with Gasteiger partial charge < -0.3 is 5.32 Å². The average Bonchev–Trinajstić information content (AvgIpc) is 3.27. The highest BCUT2D eigenvalue weighted by Gasteiger charge is 2.30. The number of alkyl halides is 3. The van der Waals surface area contributed by atoms with E-state index >= 15 is 0 Å². The molecule has 4 nitrogen and oxygen atoms in total. The van der Waals surface area contributed by atoms with E-state index in [1.165, 1.54) is 17.4 Å². The van der Waals surface area contributed by atoms with E-state index in [4.69, 9.17) is 0 Å². The molecule has 28 heavy (non-hydrogen) atoms. The lowest BCUT2D eigenvalue weighted by atomic mass is 10.1. The Bertz CT molecular complexity index is 975. The number of aryl methyl sites for hydroxylation is 2. The van der Waals surface area contributed by atoms with Crippen LogP contribution in [0.5, 0.6) is 0 Å². The lowest BCUT2D eigenvalue weighted by Gasteiger charge is -2.09. The molecule has 0 bridgehead atoms. The summed E-state index contributed by atoms with van der Waals surface area (Å²) in [5, 5.41) is 9.00. The predicted molar refractivity (Wildman–Crippen MR) is 103 cm³/mol. The van der Waals surface area contributed by atoms with E-state index in [0.717, 1.165) is 35.5 Å². The number of carbonyl (C=O) groups excluding carboxylic acids is 1. The maximum Gasteiger partial charge on any atom is 0.416 e. The van der Waals surface area contributed by atoms with Gasteiger partial charge in [-0.1, -0.05) is 18.2 Å². The molecule has 8 heteroatoms. The van der Waals surface area contributed by atoms with Crippen LogP contribution in [0.1, 0.15) is 33.3 Å². The third-order valence-corrected chi connectivity index (χ3v) is 5.30. The Labute approximate surface area is 165 Å². The summed E-state index contributed by atoms with van der Waals surface area (Å²) in [7, 11) is 0. The second-order valence-electron chi connectivity index (χ2n) is 6.40. The highest BCUT2D eigenvalue weighted by molar-refractivity contribution is 7.12. The number of nitrogens with one attached hydrogen (secondary N) is 1. The van der Waals surface area contributed by atoms with Crippen molar-refractivity contribution in [1.29, 1.82) is 0 Å². The summed E-state index contributed by atoms with van der Waals surface area (Å²) in [6.45, 7) is 4.97. The van der Waals surface area contributed by atoms with Crippen LogP contribution in [0.2, 0.25) is 0 Å². The molecule has 0 saturated heterocycles. The fraction of sp³-hybridized carbons (Fsp3) is 0.300. The lowest BCUT2D eigenvalue weighted by molar-refractivity contribution is -0.137. The van der Waals surface area contributed by atoms with Crippen LogP contribution in [0, 0.1) is 6.92 Å². The van der Waals surface area contributed by atoms with Crippen LogP contribution >= 0.6 is 11.3 Å². The highest BCUT2D eigenvalue weighted by atomic mass is 32.1. The van der Waals surface area contributed by atoms with Gasteiger partial charge in [0.25, 0.3) is 5.91 Å². The fourth-order valence-corrected chi connectivity index (χ4v) is 3.79. The van der Waals surface area contributed by atoms with E-state index in [1.54, 1.807) is 12.3 Å². The van der Waals surface area contributed by atoms with Crippen molar-refractivity contribution < 1.29 is 18.0 Å². The molecule has 0 atom stereocenters. The summed E-state index contributed by atoms with van der Waals surface area (Å²) >= 11 is 1.33. The topological polar surface area (TPSA) is 46.9 Å². The van der Waals surface area contributed by atoms with E-state index in [9.17, 15) is 18.0 Å². The van der Waals surface area contributed by atoms with Crippen molar-refractivity contribution in [1.82, 2.24) is 15.1 Å². The van der Waals surface area contributed by atoms with Gasteiger partial charge in [-0.15, -0.1) is 11.3 Å². The number of hydrogen-bond donors (Lipinski definition) is 1. The van der Waals surface area contributed by atoms with Gasteiger partial charge in [-0.3, -0.25) is 9.48 Å². The number of hydrogen-bond acceptors (Lipinski definition) is 3. The molecule has 0 spiro atoms. The molecule has 0 radical (unpaired) electrons. The second-order valence-corrected chi connectivity index (χ2v) is 7.31. The molecule has 0 aliphatic heterocycles. The van der Waals surface area contributed by atoms with E-state index in [2.05, 4.69) is 10.4 Å². The van der Waals surface area contributed by atoms with E-state index < -0.39 is 11.7 Å². The highest BCUT2D eigenvalue weighted by Crippen LogP contribution is 2.30. The van der Waals surface area contributed by atoms with Crippen LogP contribution in [0.25, 0.3) is 11.3 Å².